The Morgan fingerprint density at radius 3 is 2.63 bits per heavy atom. The summed E-state index contributed by atoms with van der Waals surface area (Å²) in [5.74, 6) is -2.89. The van der Waals surface area contributed by atoms with E-state index in [1.54, 1.807) is 0 Å². The van der Waals surface area contributed by atoms with Crippen LogP contribution in [0, 0.1) is 17.8 Å². The minimum atomic E-state index is -0.665. The first kappa shape index (κ1) is 12.4. The van der Waals surface area contributed by atoms with Crippen molar-refractivity contribution in [3.05, 3.63) is 0 Å². The van der Waals surface area contributed by atoms with E-state index in [1.807, 2.05) is 0 Å². The molecule has 3 aliphatic rings. The second kappa shape index (κ2) is 4.19. The second-order valence-corrected chi connectivity index (χ2v) is 5.01. The minimum Gasteiger partial charge on any atom is -0.469 e. The molecule has 0 N–H and O–H groups in total. The molecule has 6 unspecified atom stereocenters. The number of esters is 3. The number of rotatable bonds is 3. The number of hydrogen-bond acceptors (Lipinski definition) is 7. The summed E-state index contributed by atoms with van der Waals surface area (Å²) in [5, 5.41) is 0. The SMILES string of the molecule is COC(=O)C1C2OC3C(OC(=O)C31)C2COC(C)=O. The van der Waals surface area contributed by atoms with Crippen LogP contribution >= 0.6 is 0 Å². The van der Waals surface area contributed by atoms with Gasteiger partial charge in [-0.05, 0) is 0 Å². The summed E-state index contributed by atoms with van der Waals surface area (Å²) in [6.07, 6.45) is -1.34. The van der Waals surface area contributed by atoms with Gasteiger partial charge in [0.25, 0.3) is 0 Å². The number of carbonyl (C=O) groups excluding carboxylic acids is 3. The van der Waals surface area contributed by atoms with Gasteiger partial charge in [-0.15, -0.1) is 0 Å². The molecule has 3 fully saturated rings. The number of methoxy groups -OCH3 is 1. The lowest BCUT2D eigenvalue weighted by Crippen LogP contribution is -2.44. The van der Waals surface area contributed by atoms with Crippen LogP contribution in [0.2, 0.25) is 0 Å². The Balaban J connectivity index is 1.84. The maximum Gasteiger partial charge on any atom is 0.313 e. The largest absolute Gasteiger partial charge is 0.469 e. The maximum absolute atomic E-state index is 11.8. The first-order valence-corrected chi connectivity index (χ1v) is 6.11. The van der Waals surface area contributed by atoms with Gasteiger partial charge in [0.1, 0.15) is 24.7 Å². The molecule has 0 amide bonds. The first-order chi connectivity index (χ1) is 9.04. The smallest absolute Gasteiger partial charge is 0.313 e. The Labute approximate surface area is 109 Å². The van der Waals surface area contributed by atoms with Crippen molar-refractivity contribution in [3.8, 4) is 0 Å². The predicted octanol–water partition coefficient (Wildman–Crippen LogP) is -0.722. The van der Waals surface area contributed by atoms with Crippen molar-refractivity contribution in [2.75, 3.05) is 13.7 Å². The standard InChI is InChI=1S/C12H14O7/c1-4(13)17-3-5-8-6(11(14)16-2)7-10(18-8)9(5)19-12(7)15/h5-10H,3H2,1-2H3. The van der Waals surface area contributed by atoms with Gasteiger partial charge >= 0.3 is 17.9 Å². The van der Waals surface area contributed by atoms with Crippen LogP contribution in [0.3, 0.4) is 0 Å². The van der Waals surface area contributed by atoms with Crippen LogP contribution in [0.5, 0.6) is 0 Å². The minimum absolute atomic E-state index is 0.0780. The molecule has 0 aliphatic carbocycles. The molecule has 0 spiro atoms. The predicted molar refractivity (Wildman–Crippen MR) is 57.7 cm³/mol. The third-order valence-electron chi connectivity index (χ3n) is 4.05. The highest BCUT2D eigenvalue weighted by molar-refractivity contribution is 5.86. The van der Waals surface area contributed by atoms with Gasteiger partial charge in [0, 0.05) is 6.92 Å². The van der Waals surface area contributed by atoms with E-state index in [-0.39, 0.29) is 12.5 Å². The first-order valence-electron chi connectivity index (χ1n) is 6.11. The fourth-order valence-electron chi connectivity index (χ4n) is 3.31. The summed E-state index contributed by atoms with van der Waals surface area (Å²) in [4.78, 5) is 34.5. The van der Waals surface area contributed by atoms with Crippen molar-refractivity contribution >= 4 is 17.9 Å². The molecule has 0 radical (unpaired) electrons. The maximum atomic E-state index is 11.8. The van der Waals surface area contributed by atoms with Gasteiger partial charge in [0.05, 0.1) is 25.0 Å². The van der Waals surface area contributed by atoms with Gasteiger partial charge in [0.15, 0.2) is 0 Å². The van der Waals surface area contributed by atoms with Crippen molar-refractivity contribution in [1.82, 2.24) is 0 Å². The highest BCUT2D eigenvalue weighted by Gasteiger charge is 2.70. The molecular formula is C12H14O7. The Morgan fingerprint density at radius 2 is 2.00 bits per heavy atom. The van der Waals surface area contributed by atoms with Crippen LogP contribution in [0.15, 0.2) is 0 Å². The molecule has 0 aromatic heterocycles. The fraction of sp³-hybridized carbons (Fsp3) is 0.750. The number of hydrogen-bond donors (Lipinski definition) is 0. The van der Waals surface area contributed by atoms with Crippen LogP contribution < -0.4 is 0 Å². The van der Waals surface area contributed by atoms with Gasteiger partial charge in [0.2, 0.25) is 0 Å². The van der Waals surface area contributed by atoms with E-state index in [2.05, 4.69) is 0 Å². The third-order valence-corrected chi connectivity index (χ3v) is 4.05. The van der Waals surface area contributed by atoms with Gasteiger partial charge in [-0.25, -0.2) is 0 Å². The molecular weight excluding hydrogens is 256 g/mol. The average molecular weight is 270 g/mol. The van der Waals surface area contributed by atoms with E-state index in [4.69, 9.17) is 18.9 Å². The van der Waals surface area contributed by atoms with E-state index in [1.165, 1.54) is 14.0 Å². The summed E-state index contributed by atoms with van der Waals surface area (Å²) in [7, 11) is 1.27. The molecule has 0 saturated carbocycles. The lowest BCUT2D eigenvalue weighted by Gasteiger charge is -2.26. The summed E-state index contributed by atoms with van der Waals surface area (Å²) in [5.41, 5.74) is 0. The second-order valence-electron chi connectivity index (χ2n) is 5.01. The highest BCUT2D eigenvalue weighted by Crippen LogP contribution is 2.53. The number of carbonyl (C=O) groups is 3. The summed E-state index contributed by atoms with van der Waals surface area (Å²) in [6, 6.07) is 0. The molecule has 7 nitrogen and oxygen atoms in total. The molecule has 7 heteroatoms. The van der Waals surface area contributed by atoms with E-state index >= 15 is 0 Å². The van der Waals surface area contributed by atoms with Crippen LogP contribution in [-0.4, -0.2) is 49.9 Å². The van der Waals surface area contributed by atoms with Crippen molar-refractivity contribution in [2.45, 2.75) is 25.2 Å². The summed E-state index contributed by atoms with van der Waals surface area (Å²) < 4.78 is 20.6. The normalized spacial score (nSPS) is 42.1. The Morgan fingerprint density at radius 1 is 1.26 bits per heavy atom. The van der Waals surface area contributed by atoms with Crippen molar-refractivity contribution in [1.29, 1.82) is 0 Å². The average Bonchev–Trinajstić information content (AvgIpc) is 2.96. The fourth-order valence-corrected chi connectivity index (χ4v) is 3.31. The van der Waals surface area contributed by atoms with Gasteiger partial charge in [-0.1, -0.05) is 0 Å². The van der Waals surface area contributed by atoms with Crippen LogP contribution in [0.4, 0.5) is 0 Å². The summed E-state index contributed by atoms with van der Waals surface area (Å²) in [6.45, 7) is 1.38. The third kappa shape index (κ3) is 1.64. The van der Waals surface area contributed by atoms with Crippen molar-refractivity contribution in [3.63, 3.8) is 0 Å². The topological polar surface area (TPSA) is 88.1 Å². The molecule has 3 rings (SSSR count). The van der Waals surface area contributed by atoms with E-state index in [0.717, 1.165) is 0 Å². The molecule has 104 valence electrons. The Hall–Kier alpha value is -1.63. The quantitative estimate of drug-likeness (QED) is 0.494. The van der Waals surface area contributed by atoms with Crippen LogP contribution in [-0.2, 0) is 33.3 Å². The van der Waals surface area contributed by atoms with Crippen molar-refractivity contribution in [2.24, 2.45) is 17.8 Å². The van der Waals surface area contributed by atoms with E-state index < -0.39 is 48.1 Å². The monoisotopic (exact) mass is 270 g/mol. The molecule has 2 bridgehead atoms. The molecule has 3 saturated heterocycles. The zero-order valence-electron chi connectivity index (χ0n) is 10.5. The lowest BCUT2D eigenvalue weighted by atomic mass is 9.74. The Bertz CT molecular complexity index is 445. The number of ether oxygens (including phenoxy) is 4. The summed E-state index contributed by atoms with van der Waals surface area (Å²) >= 11 is 0. The Kier molecular flexibility index (Phi) is 2.74. The van der Waals surface area contributed by atoms with Gasteiger partial charge in [-0.3, -0.25) is 14.4 Å². The molecule has 3 heterocycles. The number of fused-ring (bicyclic) bond motifs is 1. The van der Waals surface area contributed by atoms with E-state index in [0.29, 0.717) is 0 Å². The van der Waals surface area contributed by atoms with Gasteiger partial charge in [-0.2, -0.15) is 0 Å². The molecule has 3 aliphatic heterocycles. The zero-order chi connectivity index (χ0) is 13.7. The molecule has 19 heavy (non-hydrogen) atoms. The molecule has 6 atom stereocenters. The lowest BCUT2D eigenvalue weighted by molar-refractivity contribution is -0.153. The van der Waals surface area contributed by atoms with E-state index in [9.17, 15) is 14.4 Å². The highest BCUT2D eigenvalue weighted by atomic mass is 16.6. The zero-order valence-corrected chi connectivity index (χ0v) is 10.5. The molecule has 0 aromatic rings. The van der Waals surface area contributed by atoms with Crippen LogP contribution in [0.1, 0.15) is 6.92 Å². The molecule has 0 aromatic carbocycles. The van der Waals surface area contributed by atoms with Gasteiger partial charge < -0.3 is 18.9 Å². The van der Waals surface area contributed by atoms with Crippen LogP contribution in [0.25, 0.3) is 0 Å². The van der Waals surface area contributed by atoms with Crippen molar-refractivity contribution < 1.29 is 33.3 Å².